The number of nitrogens with one attached hydrogen (secondary N) is 2. The fourth-order valence-corrected chi connectivity index (χ4v) is 2.53. The topological polar surface area (TPSA) is 58.2 Å². The summed E-state index contributed by atoms with van der Waals surface area (Å²) in [5.74, 6) is -0.574. The Morgan fingerprint density at radius 3 is 2.04 bits per heavy atom. The van der Waals surface area contributed by atoms with Gasteiger partial charge in [0.2, 0.25) is 11.8 Å². The molecule has 0 saturated carbocycles. The van der Waals surface area contributed by atoms with Crippen molar-refractivity contribution in [3.8, 4) is 0 Å². The van der Waals surface area contributed by atoms with Gasteiger partial charge in [-0.05, 0) is 50.5 Å². The molecule has 0 aliphatic heterocycles. The maximum Gasteiger partial charge on any atom is 0.235 e. The summed E-state index contributed by atoms with van der Waals surface area (Å²) in [6.45, 7) is 6.15. The van der Waals surface area contributed by atoms with E-state index in [0.29, 0.717) is 24.5 Å². The molecule has 0 radical (unpaired) electrons. The largest absolute Gasteiger partial charge is 0.355 e. The molecule has 2 aromatic rings. The average Bonchev–Trinajstić information content (AvgIpc) is 2.62. The van der Waals surface area contributed by atoms with Crippen molar-refractivity contribution < 1.29 is 9.59 Å². The molecule has 138 valence electrons. The number of aryl methyl sites for hydroxylation is 1. The highest BCUT2D eigenvalue weighted by atomic mass is 35.5. The van der Waals surface area contributed by atoms with E-state index in [1.54, 1.807) is 13.8 Å². The molecule has 0 spiro atoms. The Morgan fingerprint density at radius 1 is 0.885 bits per heavy atom. The second-order valence-corrected chi connectivity index (χ2v) is 7.36. The first-order valence-electron chi connectivity index (χ1n) is 8.65. The monoisotopic (exact) mass is 372 g/mol. The van der Waals surface area contributed by atoms with Crippen molar-refractivity contribution in [1.29, 1.82) is 0 Å². The quantitative estimate of drug-likeness (QED) is 0.729. The summed E-state index contributed by atoms with van der Waals surface area (Å²) in [6, 6.07) is 15.4. The maximum atomic E-state index is 12.4. The second kappa shape index (κ2) is 8.86. The lowest BCUT2D eigenvalue weighted by molar-refractivity contribution is -0.141. The standard InChI is InChI=1S/C21H25ClN2O2/c1-15-4-6-17(7-5-15)14-24-20(26)21(2,3)19(25)23-13-12-16-8-10-18(22)11-9-16/h4-11H,12-14H2,1-3H3,(H,23,25)(H,24,26). The van der Waals surface area contributed by atoms with Crippen LogP contribution in [0.2, 0.25) is 5.02 Å². The maximum absolute atomic E-state index is 12.4. The molecule has 0 aliphatic rings. The summed E-state index contributed by atoms with van der Waals surface area (Å²) in [5.41, 5.74) is 2.12. The van der Waals surface area contributed by atoms with Gasteiger partial charge in [-0.25, -0.2) is 0 Å². The van der Waals surface area contributed by atoms with E-state index in [2.05, 4.69) is 10.6 Å². The van der Waals surface area contributed by atoms with Crippen LogP contribution in [-0.2, 0) is 22.6 Å². The van der Waals surface area contributed by atoms with E-state index in [4.69, 9.17) is 11.6 Å². The van der Waals surface area contributed by atoms with E-state index in [0.717, 1.165) is 11.1 Å². The van der Waals surface area contributed by atoms with Gasteiger partial charge in [0.1, 0.15) is 5.41 Å². The Bertz CT molecular complexity index is 753. The van der Waals surface area contributed by atoms with Gasteiger partial charge in [0, 0.05) is 18.1 Å². The van der Waals surface area contributed by atoms with Crippen molar-refractivity contribution in [1.82, 2.24) is 10.6 Å². The highest BCUT2D eigenvalue weighted by Gasteiger charge is 2.35. The van der Waals surface area contributed by atoms with Gasteiger partial charge in [-0.3, -0.25) is 9.59 Å². The third kappa shape index (κ3) is 5.60. The Kier molecular flexibility index (Phi) is 6.81. The number of rotatable bonds is 7. The fourth-order valence-electron chi connectivity index (χ4n) is 2.40. The number of benzene rings is 2. The number of halogens is 1. The minimum absolute atomic E-state index is 0.284. The van der Waals surface area contributed by atoms with Crippen LogP contribution in [-0.4, -0.2) is 18.4 Å². The van der Waals surface area contributed by atoms with Gasteiger partial charge in [-0.1, -0.05) is 53.6 Å². The number of carbonyl (C=O) groups is 2. The molecular formula is C21H25ClN2O2. The third-order valence-electron chi connectivity index (χ3n) is 4.32. The number of amides is 2. The van der Waals surface area contributed by atoms with Crippen LogP contribution in [0.3, 0.4) is 0 Å². The van der Waals surface area contributed by atoms with Crippen molar-refractivity contribution in [3.63, 3.8) is 0 Å². The first-order valence-corrected chi connectivity index (χ1v) is 9.03. The molecule has 0 saturated heterocycles. The lowest BCUT2D eigenvalue weighted by Crippen LogP contribution is -2.48. The molecule has 0 atom stereocenters. The second-order valence-electron chi connectivity index (χ2n) is 6.93. The molecule has 2 amide bonds. The van der Waals surface area contributed by atoms with Gasteiger partial charge < -0.3 is 10.6 Å². The summed E-state index contributed by atoms with van der Waals surface area (Å²) >= 11 is 5.86. The summed E-state index contributed by atoms with van der Waals surface area (Å²) in [6.07, 6.45) is 0.684. The van der Waals surface area contributed by atoms with Crippen molar-refractivity contribution in [2.75, 3.05) is 6.54 Å². The smallest absolute Gasteiger partial charge is 0.235 e. The minimum atomic E-state index is -1.13. The highest BCUT2D eigenvalue weighted by Crippen LogP contribution is 2.16. The van der Waals surface area contributed by atoms with Crippen LogP contribution in [0, 0.1) is 12.3 Å². The number of carbonyl (C=O) groups excluding carboxylic acids is 2. The van der Waals surface area contributed by atoms with Crippen LogP contribution < -0.4 is 10.6 Å². The molecule has 2 rings (SSSR count). The molecule has 26 heavy (non-hydrogen) atoms. The van der Waals surface area contributed by atoms with Gasteiger partial charge in [0.15, 0.2) is 0 Å². The Hall–Kier alpha value is -2.33. The van der Waals surface area contributed by atoms with Gasteiger partial charge in [0.05, 0.1) is 0 Å². The van der Waals surface area contributed by atoms with Crippen LogP contribution in [0.1, 0.15) is 30.5 Å². The molecular weight excluding hydrogens is 348 g/mol. The zero-order chi connectivity index (χ0) is 19.2. The van der Waals surface area contributed by atoms with Gasteiger partial charge in [-0.15, -0.1) is 0 Å². The lowest BCUT2D eigenvalue weighted by atomic mass is 9.91. The molecule has 0 fully saturated rings. The molecule has 2 N–H and O–H groups in total. The van der Waals surface area contributed by atoms with Crippen LogP contribution in [0.4, 0.5) is 0 Å². The summed E-state index contributed by atoms with van der Waals surface area (Å²) < 4.78 is 0. The van der Waals surface area contributed by atoms with Crippen molar-refractivity contribution in [2.45, 2.75) is 33.7 Å². The molecule has 5 heteroatoms. The molecule has 0 unspecified atom stereocenters. The fraction of sp³-hybridized carbons (Fsp3) is 0.333. The first kappa shape index (κ1) is 20.0. The summed E-state index contributed by atoms with van der Waals surface area (Å²) in [7, 11) is 0. The van der Waals surface area contributed by atoms with E-state index in [1.807, 2.05) is 55.5 Å². The van der Waals surface area contributed by atoms with Crippen molar-refractivity contribution in [3.05, 3.63) is 70.2 Å². The zero-order valence-electron chi connectivity index (χ0n) is 15.4. The molecule has 4 nitrogen and oxygen atoms in total. The van der Waals surface area contributed by atoms with Gasteiger partial charge in [0.25, 0.3) is 0 Å². The predicted molar refractivity (Wildman–Crippen MR) is 105 cm³/mol. The van der Waals surface area contributed by atoms with E-state index in [1.165, 1.54) is 5.56 Å². The van der Waals surface area contributed by atoms with Crippen LogP contribution in [0.5, 0.6) is 0 Å². The first-order chi connectivity index (χ1) is 12.3. The number of hydrogen-bond acceptors (Lipinski definition) is 2. The third-order valence-corrected chi connectivity index (χ3v) is 4.57. The summed E-state index contributed by atoms with van der Waals surface area (Å²) in [4.78, 5) is 24.8. The Morgan fingerprint density at radius 2 is 1.42 bits per heavy atom. The lowest BCUT2D eigenvalue weighted by Gasteiger charge is -2.22. The normalized spacial score (nSPS) is 11.1. The van der Waals surface area contributed by atoms with Gasteiger partial charge in [-0.2, -0.15) is 0 Å². The highest BCUT2D eigenvalue weighted by molar-refractivity contribution is 6.30. The van der Waals surface area contributed by atoms with Crippen molar-refractivity contribution in [2.24, 2.45) is 5.41 Å². The average molecular weight is 373 g/mol. The van der Waals surface area contributed by atoms with Crippen LogP contribution in [0.25, 0.3) is 0 Å². The Balaban J connectivity index is 1.82. The SMILES string of the molecule is Cc1ccc(CNC(=O)C(C)(C)C(=O)NCCc2ccc(Cl)cc2)cc1. The van der Waals surface area contributed by atoms with E-state index < -0.39 is 5.41 Å². The van der Waals surface area contributed by atoms with E-state index in [-0.39, 0.29) is 11.8 Å². The summed E-state index contributed by atoms with van der Waals surface area (Å²) in [5, 5.41) is 6.36. The number of hydrogen-bond donors (Lipinski definition) is 2. The van der Waals surface area contributed by atoms with Crippen LogP contribution >= 0.6 is 11.6 Å². The molecule has 0 bridgehead atoms. The van der Waals surface area contributed by atoms with Crippen molar-refractivity contribution >= 4 is 23.4 Å². The zero-order valence-corrected chi connectivity index (χ0v) is 16.2. The molecule has 0 aromatic heterocycles. The minimum Gasteiger partial charge on any atom is -0.355 e. The van der Waals surface area contributed by atoms with Crippen LogP contribution in [0.15, 0.2) is 48.5 Å². The Labute approximate surface area is 159 Å². The molecule has 2 aromatic carbocycles. The predicted octanol–water partition coefficient (Wildman–Crippen LogP) is 3.65. The molecule has 0 aliphatic carbocycles. The van der Waals surface area contributed by atoms with E-state index in [9.17, 15) is 9.59 Å². The van der Waals surface area contributed by atoms with Gasteiger partial charge >= 0.3 is 0 Å². The molecule has 0 heterocycles. The van der Waals surface area contributed by atoms with E-state index >= 15 is 0 Å².